The van der Waals surface area contributed by atoms with Gasteiger partial charge in [0.2, 0.25) is 0 Å². The van der Waals surface area contributed by atoms with E-state index in [4.69, 9.17) is 0 Å². The third kappa shape index (κ3) is 1.82. The molecule has 116 valence electrons. The van der Waals surface area contributed by atoms with Gasteiger partial charge in [0.25, 0.3) is 0 Å². The molecule has 0 atom stereocenters. The van der Waals surface area contributed by atoms with Crippen molar-refractivity contribution in [3.05, 3.63) is 71.8 Å². The van der Waals surface area contributed by atoms with Gasteiger partial charge in [0.15, 0.2) is 5.12 Å². The third-order valence-electron chi connectivity index (χ3n) is 4.73. The van der Waals surface area contributed by atoms with Gasteiger partial charge in [-0.1, -0.05) is 42.5 Å². The third-order valence-corrected chi connectivity index (χ3v) is 5.76. The highest BCUT2D eigenvalue weighted by Gasteiger charge is 2.27. The second-order valence-corrected chi connectivity index (χ2v) is 7.31. The van der Waals surface area contributed by atoms with Crippen molar-refractivity contribution in [3.8, 4) is 5.69 Å². The molecule has 0 fully saturated rings. The fourth-order valence-electron chi connectivity index (χ4n) is 3.80. The highest BCUT2D eigenvalue weighted by molar-refractivity contribution is 8.14. The Kier molecular flexibility index (Phi) is 2.88. The van der Waals surface area contributed by atoms with Crippen LogP contribution in [0.2, 0.25) is 0 Å². The lowest BCUT2D eigenvalue weighted by Crippen LogP contribution is -1.95. The fraction of sp³-hybridized carbons (Fsp3) is 0.0952. The summed E-state index contributed by atoms with van der Waals surface area (Å²) in [7, 11) is 0. The number of aromatic nitrogens is 1. The Morgan fingerprint density at radius 2 is 1.75 bits per heavy atom. The van der Waals surface area contributed by atoms with Crippen LogP contribution in [-0.4, -0.2) is 9.68 Å². The number of hydrogen-bond acceptors (Lipinski definition) is 2. The number of hydrogen-bond donors (Lipinski definition) is 0. The fourth-order valence-corrected chi connectivity index (χ4v) is 4.81. The number of aryl methyl sites for hydroxylation is 1. The summed E-state index contributed by atoms with van der Waals surface area (Å²) in [5.74, 6) is 0. The van der Waals surface area contributed by atoms with E-state index in [-0.39, 0.29) is 5.12 Å². The predicted molar refractivity (Wildman–Crippen MR) is 100 cm³/mol. The molecule has 0 bridgehead atoms. The average molecular weight is 329 g/mol. The number of fused-ring (bicyclic) bond motifs is 5. The van der Waals surface area contributed by atoms with Crippen LogP contribution in [0.15, 0.2) is 65.6 Å². The van der Waals surface area contributed by atoms with E-state index in [1.807, 2.05) is 6.07 Å². The van der Waals surface area contributed by atoms with Crippen molar-refractivity contribution in [2.45, 2.75) is 18.2 Å². The predicted octanol–water partition coefficient (Wildman–Crippen LogP) is 5.27. The quantitative estimate of drug-likeness (QED) is 0.475. The molecule has 4 aromatic rings. The summed E-state index contributed by atoms with van der Waals surface area (Å²) in [6.45, 7) is 2.15. The van der Waals surface area contributed by atoms with E-state index in [9.17, 15) is 4.79 Å². The molecule has 5 rings (SSSR count). The Labute approximate surface area is 144 Å². The Balaban J connectivity index is 2.05. The maximum atomic E-state index is 12.1. The van der Waals surface area contributed by atoms with E-state index in [0.717, 1.165) is 16.1 Å². The van der Waals surface area contributed by atoms with Crippen LogP contribution in [0.25, 0.3) is 27.5 Å². The summed E-state index contributed by atoms with van der Waals surface area (Å²) >= 11 is 1.39. The van der Waals surface area contributed by atoms with Gasteiger partial charge in [-0.05, 0) is 48.0 Å². The minimum atomic E-state index is 0.238. The molecular formula is C21H15NOS. The molecule has 0 N–H and O–H groups in total. The van der Waals surface area contributed by atoms with Crippen molar-refractivity contribution in [2.24, 2.45) is 0 Å². The van der Waals surface area contributed by atoms with Crippen LogP contribution in [-0.2, 0) is 11.2 Å². The monoisotopic (exact) mass is 329 g/mol. The highest BCUT2D eigenvalue weighted by atomic mass is 32.2. The first-order chi connectivity index (χ1) is 11.7. The van der Waals surface area contributed by atoms with E-state index >= 15 is 0 Å². The van der Waals surface area contributed by atoms with Crippen molar-refractivity contribution < 1.29 is 4.79 Å². The number of nitrogens with zero attached hydrogens (tertiary/aromatic N) is 1. The van der Waals surface area contributed by atoms with Crippen molar-refractivity contribution in [1.29, 1.82) is 0 Å². The number of para-hydroxylation sites is 2. The van der Waals surface area contributed by atoms with E-state index < -0.39 is 0 Å². The van der Waals surface area contributed by atoms with Crippen LogP contribution in [0.5, 0.6) is 0 Å². The van der Waals surface area contributed by atoms with Gasteiger partial charge in [-0.15, -0.1) is 0 Å². The number of rotatable bonds is 1. The maximum Gasteiger partial charge on any atom is 0.198 e. The van der Waals surface area contributed by atoms with Gasteiger partial charge in [0.1, 0.15) is 0 Å². The van der Waals surface area contributed by atoms with E-state index in [0.29, 0.717) is 6.42 Å². The molecular weight excluding hydrogens is 314 g/mol. The molecule has 0 saturated heterocycles. The number of carbonyl (C=O) groups is 1. The molecule has 2 nitrogen and oxygen atoms in total. The summed E-state index contributed by atoms with van der Waals surface area (Å²) in [6, 6.07) is 21.1. The molecule has 2 heterocycles. The Morgan fingerprint density at radius 3 is 2.58 bits per heavy atom. The first-order valence-electron chi connectivity index (χ1n) is 8.06. The smallest absolute Gasteiger partial charge is 0.198 e. The van der Waals surface area contributed by atoms with Crippen LogP contribution >= 0.6 is 11.8 Å². The van der Waals surface area contributed by atoms with Crippen molar-refractivity contribution in [1.82, 2.24) is 4.57 Å². The molecule has 0 spiro atoms. The van der Waals surface area contributed by atoms with Gasteiger partial charge in [0, 0.05) is 27.8 Å². The molecule has 1 aromatic heterocycles. The average Bonchev–Trinajstić information content (AvgIpc) is 3.13. The molecule has 3 aromatic carbocycles. The number of benzene rings is 3. The van der Waals surface area contributed by atoms with Gasteiger partial charge in [-0.25, -0.2) is 0 Å². The molecule has 0 aliphatic carbocycles. The zero-order valence-corrected chi connectivity index (χ0v) is 14.1. The minimum absolute atomic E-state index is 0.238. The van der Waals surface area contributed by atoms with Crippen molar-refractivity contribution >= 4 is 38.7 Å². The second kappa shape index (κ2) is 4.99. The highest BCUT2D eigenvalue weighted by Crippen LogP contribution is 2.44. The lowest BCUT2D eigenvalue weighted by atomic mass is 10.0. The van der Waals surface area contributed by atoms with Crippen LogP contribution in [0.1, 0.15) is 11.1 Å². The summed E-state index contributed by atoms with van der Waals surface area (Å²) in [6.07, 6.45) is 0.535. The molecule has 1 aliphatic rings. The first-order valence-corrected chi connectivity index (χ1v) is 8.87. The number of carbonyl (C=O) groups excluding carboxylic acids is 1. The molecule has 0 saturated carbocycles. The standard InChI is InChI=1S/C21H15NOS/c1-13-11-14-12-18(23)24-21(14)20-19(13)16-9-5-6-10-17(16)22(20)15-7-3-2-4-8-15/h2-11H,12H2,1H3. The SMILES string of the molecule is Cc1cc2c(c3c1c1ccccc1n3-c1ccccc1)SC(=O)C2. The van der Waals surface area contributed by atoms with Gasteiger partial charge in [0.05, 0.1) is 11.0 Å². The zero-order valence-electron chi connectivity index (χ0n) is 13.2. The molecule has 3 heteroatoms. The molecule has 24 heavy (non-hydrogen) atoms. The molecule has 0 amide bonds. The molecule has 0 unspecified atom stereocenters. The summed E-state index contributed by atoms with van der Waals surface area (Å²) in [4.78, 5) is 13.2. The summed E-state index contributed by atoms with van der Waals surface area (Å²) in [5, 5.41) is 2.74. The number of thioether (sulfide) groups is 1. The largest absolute Gasteiger partial charge is 0.308 e. The second-order valence-electron chi connectivity index (χ2n) is 6.24. The van der Waals surface area contributed by atoms with Crippen molar-refractivity contribution in [3.63, 3.8) is 0 Å². The van der Waals surface area contributed by atoms with Crippen LogP contribution in [0.4, 0.5) is 0 Å². The minimum Gasteiger partial charge on any atom is -0.308 e. The lowest BCUT2D eigenvalue weighted by Gasteiger charge is -2.10. The topological polar surface area (TPSA) is 22.0 Å². The zero-order chi connectivity index (χ0) is 16.3. The van der Waals surface area contributed by atoms with Gasteiger partial charge >= 0.3 is 0 Å². The normalized spacial score (nSPS) is 13.8. The van der Waals surface area contributed by atoms with Crippen LogP contribution in [0.3, 0.4) is 0 Å². The first kappa shape index (κ1) is 13.9. The van der Waals surface area contributed by atoms with E-state index in [1.54, 1.807) is 0 Å². The summed E-state index contributed by atoms with van der Waals surface area (Å²) < 4.78 is 2.31. The van der Waals surface area contributed by atoms with Crippen LogP contribution < -0.4 is 0 Å². The Morgan fingerprint density at radius 1 is 1.00 bits per heavy atom. The molecule has 1 aliphatic heterocycles. The van der Waals surface area contributed by atoms with Gasteiger partial charge in [-0.2, -0.15) is 0 Å². The molecule has 0 radical (unpaired) electrons. The van der Waals surface area contributed by atoms with Gasteiger partial charge < -0.3 is 4.57 Å². The Hall–Kier alpha value is -2.52. The van der Waals surface area contributed by atoms with Crippen molar-refractivity contribution in [2.75, 3.05) is 0 Å². The van der Waals surface area contributed by atoms with E-state index in [1.165, 1.54) is 39.1 Å². The van der Waals surface area contributed by atoms with Crippen LogP contribution in [0, 0.1) is 6.92 Å². The van der Waals surface area contributed by atoms with E-state index in [2.05, 4.69) is 66.1 Å². The maximum absolute atomic E-state index is 12.1. The van der Waals surface area contributed by atoms with Gasteiger partial charge in [-0.3, -0.25) is 4.79 Å². The summed E-state index contributed by atoms with van der Waals surface area (Å²) in [5.41, 5.74) is 5.90. The lowest BCUT2D eigenvalue weighted by molar-refractivity contribution is -0.110. The Bertz CT molecular complexity index is 1130.